The minimum absolute atomic E-state index is 0.0810. The molecule has 0 atom stereocenters. The topological polar surface area (TPSA) is 43.1 Å². The first-order valence-corrected chi connectivity index (χ1v) is 5.61. The van der Waals surface area contributed by atoms with Gasteiger partial charge in [0.1, 0.15) is 11.5 Å². The van der Waals surface area contributed by atoms with Gasteiger partial charge in [-0.1, -0.05) is 22.0 Å². The maximum absolute atomic E-state index is 11.2. The maximum atomic E-state index is 11.2. The lowest BCUT2D eigenvalue weighted by Gasteiger charge is -1.95. The van der Waals surface area contributed by atoms with Gasteiger partial charge in [-0.2, -0.15) is 0 Å². The molecule has 2 rings (SSSR count). The number of ketones is 1. The molecule has 0 spiro atoms. The van der Waals surface area contributed by atoms with Crippen LogP contribution in [0.3, 0.4) is 0 Å². The van der Waals surface area contributed by atoms with Crippen molar-refractivity contribution in [3.63, 3.8) is 0 Å². The highest BCUT2D eigenvalue weighted by Crippen LogP contribution is 2.24. The fraction of sp³-hybridized carbons (Fsp3) is 0.167. The molecule has 1 aromatic heterocycles. The van der Waals surface area contributed by atoms with E-state index in [-0.39, 0.29) is 5.78 Å². The molecule has 4 heteroatoms. The Morgan fingerprint density at radius 3 is 2.75 bits per heavy atom. The highest BCUT2D eigenvalue weighted by molar-refractivity contribution is 9.10. The Bertz CT molecular complexity index is 546. The first-order valence-electron chi connectivity index (χ1n) is 4.82. The van der Waals surface area contributed by atoms with E-state index in [9.17, 15) is 4.79 Å². The second kappa shape index (κ2) is 4.22. The monoisotopic (exact) mass is 279 g/mol. The molecule has 82 valence electrons. The molecule has 1 heterocycles. The second-order valence-electron chi connectivity index (χ2n) is 3.49. The van der Waals surface area contributed by atoms with Gasteiger partial charge in [-0.25, -0.2) is 4.98 Å². The summed E-state index contributed by atoms with van der Waals surface area (Å²) in [7, 11) is 0. The highest BCUT2D eigenvalue weighted by Gasteiger charge is 2.14. The average Bonchev–Trinajstić information content (AvgIpc) is 2.60. The zero-order valence-corrected chi connectivity index (χ0v) is 10.5. The number of benzene rings is 1. The van der Waals surface area contributed by atoms with Crippen LogP contribution in [0.15, 0.2) is 33.2 Å². The molecule has 3 nitrogen and oxygen atoms in total. The van der Waals surface area contributed by atoms with E-state index in [1.165, 1.54) is 6.92 Å². The fourth-order valence-electron chi connectivity index (χ4n) is 1.47. The van der Waals surface area contributed by atoms with Gasteiger partial charge in [-0.3, -0.25) is 4.79 Å². The Hall–Kier alpha value is -1.42. The van der Waals surface area contributed by atoms with Gasteiger partial charge >= 0.3 is 0 Å². The largest absolute Gasteiger partial charge is 0.441 e. The van der Waals surface area contributed by atoms with Crippen LogP contribution in [0.2, 0.25) is 0 Å². The van der Waals surface area contributed by atoms with Crippen LogP contribution in [0, 0.1) is 6.92 Å². The van der Waals surface area contributed by atoms with E-state index in [0.29, 0.717) is 17.3 Å². The van der Waals surface area contributed by atoms with Crippen LogP contribution < -0.4 is 0 Å². The maximum Gasteiger partial charge on any atom is 0.226 e. The minimum atomic E-state index is -0.0810. The van der Waals surface area contributed by atoms with Gasteiger partial charge in [0.25, 0.3) is 0 Å². The number of oxazole rings is 1. The van der Waals surface area contributed by atoms with E-state index in [1.54, 1.807) is 6.92 Å². The van der Waals surface area contributed by atoms with Crippen molar-refractivity contribution in [2.45, 2.75) is 13.8 Å². The van der Waals surface area contributed by atoms with Crippen LogP contribution in [-0.4, -0.2) is 10.8 Å². The van der Waals surface area contributed by atoms with Gasteiger partial charge in [0.2, 0.25) is 5.89 Å². The molecule has 0 aliphatic carbocycles. The van der Waals surface area contributed by atoms with Gasteiger partial charge in [-0.05, 0) is 25.1 Å². The lowest BCUT2D eigenvalue weighted by molar-refractivity contribution is 0.101. The molecule has 2 aromatic rings. The van der Waals surface area contributed by atoms with Gasteiger partial charge in [-0.15, -0.1) is 0 Å². The summed E-state index contributed by atoms with van der Waals surface area (Å²) in [6.07, 6.45) is 0. The zero-order chi connectivity index (χ0) is 11.7. The molecule has 0 amide bonds. The van der Waals surface area contributed by atoms with Crippen LogP contribution in [0.5, 0.6) is 0 Å². The summed E-state index contributed by atoms with van der Waals surface area (Å²) in [6.45, 7) is 3.22. The molecule has 0 aliphatic rings. The Morgan fingerprint density at radius 1 is 1.44 bits per heavy atom. The van der Waals surface area contributed by atoms with Crippen molar-refractivity contribution in [1.82, 2.24) is 4.98 Å². The number of hydrogen-bond donors (Lipinski definition) is 0. The minimum Gasteiger partial charge on any atom is -0.441 e. The van der Waals surface area contributed by atoms with Crippen LogP contribution in [0.4, 0.5) is 0 Å². The van der Waals surface area contributed by atoms with E-state index in [1.807, 2.05) is 24.3 Å². The summed E-state index contributed by atoms with van der Waals surface area (Å²) in [4.78, 5) is 15.4. The third-order valence-corrected chi connectivity index (χ3v) is 2.69. The number of Topliss-reactive ketones (excluding diaryl/α,β-unsaturated/α-hetero) is 1. The standard InChI is InChI=1S/C12H10BrNO2/c1-7(15)11-8(2)16-12(14-11)9-4-3-5-10(13)6-9/h3-6H,1-2H3. The number of rotatable bonds is 2. The first kappa shape index (κ1) is 11.1. The summed E-state index contributed by atoms with van der Waals surface area (Å²) < 4.78 is 6.41. The quantitative estimate of drug-likeness (QED) is 0.789. The molecule has 1 aromatic carbocycles. The van der Waals surface area contributed by atoms with Crippen LogP contribution in [0.1, 0.15) is 23.2 Å². The predicted molar refractivity (Wildman–Crippen MR) is 64.4 cm³/mol. The zero-order valence-electron chi connectivity index (χ0n) is 8.95. The fourth-order valence-corrected chi connectivity index (χ4v) is 1.87. The number of nitrogens with zero attached hydrogens (tertiary/aromatic N) is 1. The number of carbonyl (C=O) groups is 1. The summed E-state index contributed by atoms with van der Waals surface area (Å²) in [5.74, 6) is 0.953. The van der Waals surface area contributed by atoms with Crippen molar-refractivity contribution < 1.29 is 9.21 Å². The number of hydrogen-bond acceptors (Lipinski definition) is 3. The lowest BCUT2D eigenvalue weighted by atomic mass is 10.2. The van der Waals surface area contributed by atoms with Crippen molar-refractivity contribution in [3.8, 4) is 11.5 Å². The average molecular weight is 280 g/mol. The number of carbonyl (C=O) groups excluding carboxylic acids is 1. The van der Waals surface area contributed by atoms with Crippen molar-refractivity contribution in [1.29, 1.82) is 0 Å². The normalized spacial score (nSPS) is 10.4. The second-order valence-corrected chi connectivity index (χ2v) is 4.41. The molecule has 0 N–H and O–H groups in total. The van der Waals surface area contributed by atoms with Crippen molar-refractivity contribution in [2.75, 3.05) is 0 Å². The van der Waals surface area contributed by atoms with Crippen LogP contribution in [-0.2, 0) is 0 Å². The highest BCUT2D eigenvalue weighted by atomic mass is 79.9. The molecular formula is C12H10BrNO2. The Labute approximate surface area is 102 Å². The number of aromatic nitrogens is 1. The van der Waals surface area contributed by atoms with E-state index in [4.69, 9.17) is 4.42 Å². The van der Waals surface area contributed by atoms with E-state index in [2.05, 4.69) is 20.9 Å². The van der Waals surface area contributed by atoms with Gasteiger partial charge in [0.05, 0.1) is 0 Å². The Morgan fingerprint density at radius 2 is 2.19 bits per heavy atom. The van der Waals surface area contributed by atoms with E-state index >= 15 is 0 Å². The summed E-state index contributed by atoms with van der Waals surface area (Å²) in [5, 5.41) is 0. The summed E-state index contributed by atoms with van der Waals surface area (Å²) in [5.41, 5.74) is 1.25. The molecule has 0 saturated heterocycles. The van der Waals surface area contributed by atoms with Gasteiger partial charge in [0.15, 0.2) is 5.78 Å². The predicted octanol–water partition coefficient (Wildman–Crippen LogP) is 3.62. The molecular weight excluding hydrogens is 270 g/mol. The number of aryl methyl sites for hydroxylation is 1. The smallest absolute Gasteiger partial charge is 0.226 e. The van der Waals surface area contributed by atoms with E-state index in [0.717, 1.165) is 10.0 Å². The summed E-state index contributed by atoms with van der Waals surface area (Å²) >= 11 is 3.38. The van der Waals surface area contributed by atoms with E-state index < -0.39 is 0 Å². The molecule has 0 radical (unpaired) electrons. The van der Waals surface area contributed by atoms with Crippen molar-refractivity contribution in [3.05, 3.63) is 40.2 Å². The third-order valence-electron chi connectivity index (χ3n) is 2.20. The van der Waals surface area contributed by atoms with Gasteiger partial charge in [0, 0.05) is 17.0 Å². The van der Waals surface area contributed by atoms with Crippen LogP contribution >= 0.6 is 15.9 Å². The number of halogens is 1. The third kappa shape index (κ3) is 2.07. The molecule has 16 heavy (non-hydrogen) atoms. The first-order chi connectivity index (χ1) is 7.58. The molecule has 0 fully saturated rings. The molecule has 0 saturated carbocycles. The lowest BCUT2D eigenvalue weighted by Crippen LogP contribution is -1.94. The molecule has 0 aliphatic heterocycles. The van der Waals surface area contributed by atoms with Crippen molar-refractivity contribution >= 4 is 21.7 Å². The Kier molecular flexibility index (Phi) is 2.92. The van der Waals surface area contributed by atoms with Crippen molar-refractivity contribution in [2.24, 2.45) is 0 Å². The summed E-state index contributed by atoms with van der Waals surface area (Å²) in [6, 6.07) is 7.60. The van der Waals surface area contributed by atoms with Crippen LogP contribution in [0.25, 0.3) is 11.5 Å². The molecule has 0 bridgehead atoms. The van der Waals surface area contributed by atoms with Gasteiger partial charge < -0.3 is 4.42 Å². The molecule has 0 unspecified atom stereocenters. The SMILES string of the molecule is CC(=O)c1nc(-c2cccc(Br)c2)oc1C. The Balaban J connectivity index is 2.49.